The Kier molecular flexibility index (Phi) is 6.13. The lowest BCUT2D eigenvalue weighted by Crippen LogP contribution is -2.39. The number of aryl methyl sites for hydroxylation is 1. The number of likely N-dealkylation sites (tertiary alicyclic amines) is 1. The normalized spacial score (nSPS) is 20.2. The van der Waals surface area contributed by atoms with E-state index in [0.717, 1.165) is 61.7 Å². The van der Waals surface area contributed by atoms with Crippen molar-refractivity contribution in [3.8, 4) is 5.75 Å². The molecule has 1 amide bonds. The van der Waals surface area contributed by atoms with Gasteiger partial charge in [-0.1, -0.05) is 18.6 Å². The van der Waals surface area contributed by atoms with Gasteiger partial charge in [-0.3, -0.25) is 4.79 Å². The number of rotatable bonds is 6. The van der Waals surface area contributed by atoms with E-state index in [-0.39, 0.29) is 11.9 Å². The number of aromatic nitrogens is 3. The number of hydrogen-bond acceptors (Lipinski definition) is 5. The number of benzene rings is 1. The lowest BCUT2D eigenvalue weighted by atomic mass is 10.2. The van der Waals surface area contributed by atoms with E-state index in [1.165, 1.54) is 12.8 Å². The second kappa shape index (κ2) is 8.95. The van der Waals surface area contributed by atoms with Gasteiger partial charge in [-0.05, 0) is 50.3 Å². The molecule has 7 heteroatoms. The van der Waals surface area contributed by atoms with Crippen LogP contribution in [0.3, 0.4) is 0 Å². The maximum atomic E-state index is 13.2. The summed E-state index contributed by atoms with van der Waals surface area (Å²) in [6, 6.07) is 7.74. The van der Waals surface area contributed by atoms with Crippen molar-refractivity contribution in [2.24, 2.45) is 0 Å². The Bertz CT molecular complexity index is 850. The number of carbonyl (C=O) groups is 1. The Morgan fingerprint density at radius 1 is 1.21 bits per heavy atom. The van der Waals surface area contributed by atoms with Gasteiger partial charge >= 0.3 is 0 Å². The summed E-state index contributed by atoms with van der Waals surface area (Å²) in [7, 11) is 1.64. The quantitative estimate of drug-likeness (QED) is 0.747. The predicted octanol–water partition coefficient (Wildman–Crippen LogP) is 3.28. The van der Waals surface area contributed by atoms with E-state index in [9.17, 15) is 4.79 Å². The zero-order valence-corrected chi connectivity index (χ0v) is 17.3. The topological polar surface area (TPSA) is 69.5 Å². The molecule has 1 aromatic carbocycles. The molecule has 0 unspecified atom stereocenters. The molecule has 1 saturated heterocycles. The lowest BCUT2D eigenvalue weighted by Gasteiger charge is -2.27. The van der Waals surface area contributed by atoms with E-state index in [0.29, 0.717) is 6.61 Å². The maximum Gasteiger partial charge on any atom is 0.252 e. The van der Waals surface area contributed by atoms with Gasteiger partial charge in [0.05, 0.1) is 19.8 Å². The van der Waals surface area contributed by atoms with Crippen molar-refractivity contribution in [1.29, 1.82) is 0 Å². The number of hydrogen-bond donors (Lipinski definition) is 0. The second-order valence-corrected chi connectivity index (χ2v) is 7.93. The Balaban J connectivity index is 1.43. The fourth-order valence-corrected chi connectivity index (χ4v) is 4.34. The van der Waals surface area contributed by atoms with Gasteiger partial charge in [0.1, 0.15) is 17.7 Å². The van der Waals surface area contributed by atoms with E-state index in [1.807, 2.05) is 36.1 Å². The molecule has 1 fully saturated rings. The molecule has 1 aromatic heterocycles. The third kappa shape index (κ3) is 4.29. The van der Waals surface area contributed by atoms with Crippen molar-refractivity contribution in [3.63, 3.8) is 0 Å². The maximum absolute atomic E-state index is 13.2. The molecule has 0 aliphatic carbocycles. The molecule has 0 N–H and O–H groups in total. The summed E-state index contributed by atoms with van der Waals surface area (Å²) in [6.45, 7) is 3.92. The number of carbonyl (C=O) groups excluding carboxylic acids is 1. The van der Waals surface area contributed by atoms with Crippen LogP contribution < -0.4 is 4.74 Å². The Morgan fingerprint density at radius 3 is 2.97 bits per heavy atom. The highest BCUT2D eigenvalue weighted by Crippen LogP contribution is 2.33. The van der Waals surface area contributed by atoms with Gasteiger partial charge in [0.25, 0.3) is 5.91 Å². The molecule has 3 heterocycles. The molecule has 2 aliphatic heterocycles. The van der Waals surface area contributed by atoms with Crippen LogP contribution in [0.5, 0.6) is 5.75 Å². The Hall–Kier alpha value is -2.41. The molecule has 7 nitrogen and oxygen atoms in total. The molecule has 2 atom stereocenters. The van der Waals surface area contributed by atoms with Crippen LogP contribution in [0.4, 0.5) is 0 Å². The minimum atomic E-state index is -0.506. The number of ether oxygens (including phenoxy) is 2. The lowest BCUT2D eigenvalue weighted by molar-refractivity contribution is -0.144. The molecule has 2 aromatic rings. The summed E-state index contributed by atoms with van der Waals surface area (Å²) in [4.78, 5) is 15.1. The van der Waals surface area contributed by atoms with E-state index < -0.39 is 6.10 Å². The minimum absolute atomic E-state index is 0.00437. The van der Waals surface area contributed by atoms with Gasteiger partial charge in [-0.2, -0.15) is 0 Å². The number of methoxy groups -OCH3 is 1. The first kappa shape index (κ1) is 19.9. The highest BCUT2D eigenvalue weighted by atomic mass is 16.5. The van der Waals surface area contributed by atoms with Crippen LogP contribution in [0.15, 0.2) is 24.3 Å². The Labute approximate surface area is 172 Å². The molecule has 4 rings (SSSR count). The smallest absolute Gasteiger partial charge is 0.252 e. The van der Waals surface area contributed by atoms with Gasteiger partial charge in [0.15, 0.2) is 5.82 Å². The van der Waals surface area contributed by atoms with Gasteiger partial charge in [-0.25, -0.2) is 0 Å². The first-order valence-electron chi connectivity index (χ1n) is 10.6. The number of amides is 1. The van der Waals surface area contributed by atoms with Crippen LogP contribution in [0, 0.1) is 0 Å². The minimum Gasteiger partial charge on any atom is -0.497 e. The highest BCUT2D eigenvalue weighted by molar-refractivity contribution is 5.81. The summed E-state index contributed by atoms with van der Waals surface area (Å²) in [6.07, 6.45) is 5.94. The van der Waals surface area contributed by atoms with Crippen LogP contribution in [-0.4, -0.2) is 45.3 Å². The monoisotopic (exact) mass is 398 g/mol. The van der Waals surface area contributed by atoms with Crippen molar-refractivity contribution in [2.45, 2.75) is 70.7 Å². The van der Waals surface area contributed by atoms with Gasteiger partial charge in [0, 0.05) is 19.5 Å². The number of fused-ring (bicyclic) bond motifs is 1. The molecule has 0 bridgehead atoms. The molecule has 2 aliphatic rings. The summed E-state index contributed by atoms with van der Waals surface area (Å²) in [5, 5.41) is 8.91. The van der Waals surface area contributed by atoms with E-state index >= 15 is 0 Å². The average molecular weight is 399 g/mol. The van der Waals surface area contributed by atoms with Gasteiger partial charge in [0.2, 0.25) is 0 Å². The second-order valence-electron chi connectivity index (χ2n) is 7.93. The molecule has 0 saturated carbocycles. The van der Waals surface area contributed by atoms with E-state index in [1.54, 1.807) is 7.11 Å². The summed E-state index contributed by atoms with van der Waals surface area (Å²) >= 11 is 0. The van der Waals surface area contributed by atoms with Crippen LogP contribution in [0.1, 0.15) is 62.3 Å². The first-order chi connectivity index (χ1) is 14.2. The number of nitrogens with zero attached hydrogens (tertiary/aromatic N) is 4. The third-order valence-corrected chi connectivity index (χ3v) is 5.95. The van der Waals surface area contributed by atoms with E-state index in [2.05, 4.69) is 14.8 Å². The summed E-state index contributed by atoms with van der Waals surface area (Å²) in [5.74, 6) is 2.84. The summed E-state index contributed by atoms with van der Waals surface area (Å²) < 4.78 is 13.4. The van der Waals surface area contributed by atoms with Crippen molar-refractivity contribution >= 4 is 5.91 Å². The molecule has 0 spiro atoms. The highest BCUT2D eigenvalue weighted by Gasteiger charge is 2.36. The fraction of sp³-hybridized carbons (Fsp3) is 0.591. The molecule has 0 radical (unpaired) electrons. The zero-order chi connectivity index (χ0) is 20.2. The fourth-order valence-electron chi connectivity index (χ4n) is 4.34. The molecular formula is C22H30N4O3. The van der Waals surface area contributed by atoms with Gasteiger partial charge in [-0.15, -0.1) is 10.2 Å². The van der Waals surface area contributed by atoms with Crippen LogP contribution in [0.25, 0.3) is 0 Å². The standard InChI is InChI=1S/C22H30N4O3/c1-16(29-15-17-8-6-9-18(14-17)28-2)22(27)25-13-7-10-19(25)21-24-23-20-11-4-3-5-12-26(20)21/h6,8-9,14,16,19H,3-5,7,10-13,15H2,1-2H3/t16-,19+/m1/s1. The average Bonchev–Trinajstić information content (AvgIpc) is 3.32. The van der Waals surface area contributed by atoms with Crippen LogP contribution in [-0.2, 0) is 29.1 Å². The van der Waals surface area contributed by atoms with Crippen LogP contribution in [0.2, 0.25) is 0 Å². The molecular weight excluding hydrogens is 368 g/mol. The van der Waals surface area contributed by atoms with Crippen molar-refractivity contribution in [1.82, 2.24) is 19.7 Å². The van der Waals surface area contributed by atoms with Crippen molar-refractivity contribution in [3.05, 3.63) is 41.5 Å². The predicted molar refractivity (Wildman–Crippen MR) is 109 cm³/mol. The summed E-state index contributed by atoms with van der Waals surface area (Å²) in [5.41, 5.74) is 0.991. The van der Waals surface area contributed by atoms with Gasteiger partial charge < -0.3 is 18.9 Å². The van der Waals surface area contributed by atoms with Crippen molar-refractivity contribution < 1.29 is 14.3 Å². The SMILES string of the molecule is COc1cccc(CO[C@H](C)C(=O)N2CCC[C@H]2c2nnc3n2CCCCC3)c1. The van der Waals surface area contributed by atoms with Crippen LogP contribution >= 0.6 is 0 Å². The zero-order valence-electron chi connectivity index (χ0n) is 17.3. The van der Waals surface area contributed by atoms with E-state index in [4.69, 9.17) is 9.47 Å². The molecule has 29 heavy (non-hydrogen) atoms. The largest absolute Gasteiger partial charge is 0.497 e. The first-order valence-corrected chi connectivity index (χ1v) is 10.6. The van der Waals surface area contributed by atoms with Crippen molar-refractivity contribution in [2.75, 3.05) is 13.7 Å². The Morgan fingerprint density at radius 2 is 2.10 bits per heavy atom. The third-order valence-electron chi connectivity index (χ3n) is 5.95. The molecule has 156 valence electrons.